The predicted molar refractivity (Wildman–Crippen MR) is 184 cm³/mol. The van der Waals surface area contributed by atoms with E-state index in [0.717, 1.165) is 22.3 Å². The lowest BCUT2D eigenvalue weighted by Crippen LogP contribution is -2.39. The Hall–Kier alpha value is -5.19. The van der Waals surface area contributed by atoms with Gasteiger partial charge in [0.25, 0.3) is 5.91 Å². The van der Waals surface area contributed by atoms with Crippen LogP contribution in [0.1, 0.15) is 34.2 Å². The van der Waals surface area contributed by atoms with Crippen molar-refractivity contribution in [1.29, 1.82) is 5.26 Å². The second-order valence-electron chi connectivity index (χ2n) is 11.8. The molecule has 3 aromatic carbocycles. The zero-order valence-corrected chi connectivity index (χ0v) is 28.1. The number of nitrogens with zero attached hydrogens (tertiary/aromatic N) is 3. The summed E-state index contributed by atoms with van der Waals surface area (Å²) in [6.07, 6.45) is 3.11. The van der Waals surface area contributed by atoms with E-state index >= 15 is 0 Å². The molecule has 0 radical (unpaired) electrons. The van der Waals surface area contributed by atoms with Crippen LogP contribution in [0.5, 0.6) is 17.2 Å². The van der Waals surface area contributed by atoms with E-state index in [1.807, 2.05) is 49.4 Å². The highest BCUT2D eigenvalue weighted by Crippen LogP contribution is 2.35. The summed E-state index contributed by atoms with van der Waals surface area (Å²) in [5, 5.41) is 40.8. The number of carbonyl (C=O) groups excluding carboxylic acids is 1. The summed E-state index contributed by atoms with van der Waals surface area (Å²) in [7, 11) is 0. The van der Waals surface area contributed by atoms with Crippen LogP contribution in [0.3, 0.4) is 0 Å². The minimum absolute atomic E-state index is 0.0306. The normalized spacial score (nSPS) is 14.5. The van der Waals surface area contributed by atoms with Crippen LogP contribution >= 0.6 is 11.6 Å². The van der Waals surface area contributed by atoms with E-state index in [9.17, 15) is 30.2 Å². The number of nitrogens with one attached hydrogen (secondary N) is 1. The summed E-state index contributed by atoms with van der Waals surface area (Å²) in [5.41, 5.74) is 5.28. The predicted octanol–water partition coefficient (Wildman–Crippen LogP) is 4.25. The number of ether oxygens (including phenoxy) is 3. The Bertz CT molecular complexity index is 1880. The van der Waals surface area contributed by atoms with Gasteiger partial charge < -0.3 is 34.4 Å². The number of hydrogen-bond acceptors (Lipinski definition) is 10. The monoisotopic (exact) mass is 700 g/mol. The van der Waals surface area contributed by atoms with E-state index in [4.69, 9.17) is 25.8 Å². The molecule has 50 heavy (non-hydrogen) atoms. The first kappa shape index (κ1) is 36.1. The average molecular weight is 701 g/mol. The average Bonchev–Trinajstić information content (AvgIpc) is 3.56. The summed E-state index contributed by atoms with van der Waals surface area (Å²) >= 11 is 6.65. The van der Waals surface area contributed by atoms with Crippen molar-refractivity contribution in [3.63, 3.8) is 0 Å². The largest absolute Gasteiger partial charge is 0.488 e. The fraction of sp³-hybridized carbons (Fsp3) is 0.297. The molecule has 4 aromatic rings. The van der Waals surface area contributed by atoms with Gasteiger partial charge in [-0.15, -0.1) is 0 Å². The molecule has 1 aliphatic heterocycles. The van der Waals surface area contributed by atoms with E-state index in [-0.39, 0.29) is 37.3 Å². The van der Waals surface area contributed by atoms with Gasteiger partial charge in [-0.05, 0) is 59.9 Å². The minimum atomic E-state index is -1.20. The van der Waals surface area contributed by atoms with Crippen molar-refractivity contribution in [2.45, 2.75) is 45.2 Å². The molecule has 12 nitrogen and oxygen atoms in total. The number of nitriles is 1. The number of aliphatic hydroxyl groups is 2. The van der Waals surface area contributed by atoms with Gasteiger partial charge >= 0.3 is 5.97 Å². The lowest BCUT2D eigenvalue weighted by Gasteiger charge is -2.18. The number of carbonyl (C=O) groups is 2. The molecule has 0 saturated carbocycles. The van der Waals surface area contributed by atoms with Gasteiger partial charge in [-0.2, -0.15) is 5.26 Å². The zero-order valence-electron chi connectivity index (χ0n) is 27.3. The molecular weight excluding hydrogens is 664 g/mol. The number of rotatable bonds is 15. The van der Waals surface area contributed by atoms with Gasteiger partial charge in [0, 0.05) is 49.2 Å². The van der Waals surface area contributed by atoms with Crippen LogP contribution in [0, 0.1) is 18.3 Å². The second-order valence-corrected chi connectivity index (χ2v) is 12.2. The van der Waals surface area contributed by atoms with Crippen molar-refractivity contribution in [2.75, 3.05) is 26.3 Å². The number of hydrogen-bond donors (Lipinski definition) is 4. The highest BCUT2D eigenvalue weighted by Gasteiger charge is 2.25. The molecular formula is C37H37ClN4O8. The standard InChI is InChI=1S/C37H37ClN4O8/c1-23-27(5-3-7-31(23)26-4-2-6-30(11-26)48-22-36(45)42-9-8-29(44)18-42)21-50-35-13-34(49-20-25-10-24(14-39)15-40-16-25)28(12-32(35)38)17-41-33(19-43)37(46)47/h2-7,10-13,15-16,29,33,41,43-44H,8-9,17-22H2,1H3,(H,46,47)/t29-,33-/m1/s1. The van der Waals surface area contributed by atoms with Crippen molar-refractivity contribution < 1.29 is 39.1 Å². The molecule has 1 amide bonds. The van der Waals surface area contributed by atoms with E-state index in [0.29, 0.717) is 53.4 Å². The molecule has 2 heterocycles. The van der Waals surface area contributed by atoms with Crippen LogP contribution < -0.4 is 19.5 Å². The van der Waals surface area contributed by atoms with Crippen molar-refractivity contribution >= 4 is 23.5 Å². The number of likely N-dealkylation sites (tertiary alicyclic amines) is 1. The fourth-order valence-electron chi connectivity index (χ4n) is 5.48. The first-order valence-electron chi connectivity index (χ1n) is 15.9. The number of amides is 1. The summed E-state index contributed by atoms with van der Waals surface area (Å²) < 4.78 is 18.1. The molecule has 260 valence electrons. The van der Waals surface area contributed by atoms with Gasteiger partial charge in [-0.25, -0.2) is 0 Å². The Morgan fingerprint density at radius 2 is 1.86 bits per heavy atom. The Morgan fingerprint density at radius 1 is 1.06 bits per heavy atom. The summed E-state index contributed by atoms with van der Waals surface area (Å²) in [5.74, 6) is -0.121. The third-order valence-corrected chi connectivity index (χ3v) is 8.60. The first-order chi connectivity index (χ1) is 24.1. The maximum Gasteiger partial charge on any atom is 0.323 e. The maximum absolute atomic E-state index is 12.5. The van der Waals surface area contributed by atoms with E-state index in [1.54, 1.807) is 35.4 Å². The maximum atomic E-state index is 12.5. The Balaban J connectivity index is 1.31. The molecule has 0 aliphatic carbocycles. The molecule has 0 spiro atoms. The number of pyridine rings is 1. The van der Waals surface area contributed by atoms with Crippen LogP contribution in [0.15, 0.2) is 73.1 Å². The number of carboxylic acids is 1. The van der Waals surface area contributed by atoms with Crippen molar-refractivity contribution in [1.82, 2.24) is 15.2 Å². The molecule has 1 fully saturated rings. The molecule has 0 unspecified atom stereocenters. The topological polar surface area (TPSA) is 174 Å². The third-order valence-electron chi connectivity index (χ3n) is 8.31. The van der Waals surface area contributed by atoms with Gasteiger partial charge in [-0.1, -0.05) is 41.9 Å². The minimum Gasteiger partial charge on any atom is -0.488 e. The number of benzene rings is 3. The Kier molecular flexibility index (Phi) is 12.2. The highest BCUT2D eigenvalue weighted by molar-refractivity contribution is 6.32. The van der Waals surface area contributed by atoms with Crippen LogP contribution in [0.2, 0.25) is 5.02 Å². The summed E-state index contributed by atoms with van der Waals surface area (Å²) in [4.78, 5) is 29.6. The summed E-state index contributed by atoms with van der Waals surface area (Å²) in [6, 6.07) is 19.1. The molecule has 1 saturated heterocycles. The first-order valence-corrected chi connectivity index (χ1v) is 16.3. The van der Waals surface area contributed by atoms with Crippen molar-refractivity contribution in [3.05, 3.63) is 106 Å². The summed E-state index contributed by atoms with van der Waals surface area (Å²) in [6.45, 7) is 2.38. The van der Waals surface area contributed by atoms with Gasteiger partial charge in [0.1, 0.15) is 42.6 Å². The number of halogens is 1. The molecule has 2 atom stereocenters. The number of carboxylic acid groups (broad SMARTS) is 1. The number of aromatic nitrogens is 1. The smallest absolute Gasteiger partial charge is 0.323 e. The van der Waals surface area contributed by atoms with Crippen molar-refractivity contribution in [3.8, 4) is 34.4 Å². The SMILES string of the molecule is Cc1c(COc2cc(OCc3cncc(C#N)c3)c(CN[C@H](CO)C(=O)O)cc2Cl)cccc1-c1cccc(OCC(=O)N2CC[C@@H](O)C2)c1. The van der Waals surface area contributed by atoms with Crippen molar-refractivity contribution in [2.24, 2.45) is 0 Å². The molecule has 13 heteroatoms. The third kappa shape index (κ3) is 9.28. The van der Waals surface area contributed by atoms with Crippen LogP contribution in [-0.4, -0.2) is 75.5 Å². The second kappa shape index (κ2) is 17.0. The zero-order chi connectivity index (χ0) is 35.6. The lowest BCUT2D eigenvalue weighted by atomic mass is 9.96. The molecule has 4 N–H and O–H groups in total. The fourth-order valence-corrected chi connectivity index (χ4v) is 5.72. The Labute approximate surface area is 294 Å². The molecule has 5 rings (SSSR count). The lowest BCUT2D eigenvalue weighted by molar-refractivity contribution is -0.140. The van der Waals surface area contributed by atoms with Gasteiger partial charge in [0.15, 0.2) is 6.61 Å². The molecule has 1 aliphatic rings. The van der Waals surface area contributed by atoms with Crippen LogP contribution in [0.4, 0.5) is 0 Å². The number of aliphatic hydroxyl groups excluding tert-OH is 2. The van der Waals surface area contributed by atoms with E-state index < -0.39 is 24.7 Å². The van der Waals surface area contributed by atoms with Crippen LogP contribution in [0.25, 0.3) is 11.1 Å². The van der Waals surface area contributed by atoms with Gasteiger partial charge in [0.2, 0.25) is 0 Å². The molecule has 0 bridgehead atoms. The van der Waals surface area contributed by atoms with Gasteiger partial charge in [0.05, 0.1) is 23.3 Å². The quantitative estimate of drug-likeness (QED) is 0.140. The number of β-amino-alcohol motifs (C(OH)–C–C–N with tert-alkyl or cyclic N) is 1. The number of aliphatic carboxylic acids is 1. The highest BCUT2D eigenvalue weighted by atomic mass is 35.5. The van der Waals surface area contributed by atoms with E-state index in [1.165, 1.54) is 6.20 Å². The Morgan fingerprint density at radius 3 is 2.60 bits per heavy atom. The van der Waals surface area contributed by atoms with Crippen LogP contribution in [-0.2, 0) is 29.3 Å². The van der Waals surface area contributed by atoms with E-state index in [2.05, 4.69) is 10.3 Å². The van der Waals surface area contributed by atoms with Gasteiger partial charge in [-0.3, -0.25) is 19.9 Å². The molecule has 1 aromatic heterocycles.